The predicted molar refractivity (Wildman–Crippen MR) is 79.0 cm³/mol. The van der Waals surface area contributed by atoms with Gasteiger partial charge in [0.2, 0.25) is 0 Å². The van der Waals surface area contributed by atoms with Crippen LogP contribution in [0.2, 0.25) is 5.02 Å². The number of aliphatic carboxylic acids is 1. The smallest absolute Gasteiger partial charge is 0.308 e. The minimum absolute atomic E-state index is 0.0264. The normalized spacial score (nSPS) is 15.2. The molecule has 1 fully saturated rings. The average molecular weight is 327 g/mol. The van der Waals surface area contributed by atoms with Crippen LogP contribution < -0.4 is 0 Å². The van der Waals surface area contributed by atoms with E-state index in [4.69, 9.17) is 16.7 Å². The zero-order chi connectivity index (χ0) is 16.4. The van der Waals surface area contributed by atoms with Gasteiger partial charge in [0.25, 0.3) is 11.6 Å². The zero-order valence-electron chi connectivity index (χ0n) is 11.9. The van der Waals surface area contributed by atoms with Crippen LogP contribution in [0, 0.1) is 16.0 Å². The molecule has 8 heteroatoms. The number of nitrogens with zero attached hydrogens (tertiary/aromatic N) is 2. The van der Waals surface area contributed by atoms with Crippen molar-refractivity contribution in [1.82, 2.24) is 4.90 Å². The summed E-state index contributed by atoms with van der Waals surface area (Å²) in [4.78, 5) is 35.4. The van der Waals surface area contributed by atoms with E-state index in [-0.39, 0.29) is 28.9 Å². The Kier molecular flexibility index (Phi) is 4.65. The highest BCUT2D eigenvalue weighted by molar-refractivity contribution is 6.31. The number of nitro benzene ring substituents is 1. The van der Waals surface area contributed by atoms with Gasteiger partial charge in [0, 0.05) is 23.7 Å². The number of carboxylic acid groups (broad SMARTS) is 1. The van der Waals surface area contributed by atoms with Crippen molar-refractivity contribution in [1.29, 1.82) is 0 Å². The van der Waals surface area contributed by atoms with Crippen LogP contribution in [0.15, 0.2) is 18.2 Å². The highest BCUT2D eigenvalue weighted by Crippen LogP contribution is 2.32. The van der Waals surface area contributed by atoms with Gasteiger partial charge in [0.05, 0.1) is 10.8 Å². The minimum Gasteiger partial charge on any atom is -0.481 e. The Morgan fingerprint density at radius 2 is 2.14 bits per heavy atom. The molecular formula is C14H15ClN2O5. The van der Waals surface area contributed by atoms with Crippen LogP contribution in [0.4, 0.5) is 5.69 Å². The molecule has 1 aliphatic rings. The van der Waals surface area contributed by atoms with Crippen LogP contribution in [0.3, 0.4) is 0 Å². The molecule has 7 nitrogen and oxygen atoms in total. The van der Waals surface area contributed by atoms with Crippen molar-refractivity contribution in [2.45, 2.75) is 25.8 Å². The molecule has 1 unspecified atom stereocenters. The average Bonchev–Trinajstić information content (AvgIpc) is 3.27. The molecule has 0 aromatic heterocycles. The number of carbonyl (C=O) groups excluding carboxylic acids is 1. The van der Waals surface area contributed by atoms with Gasteiger partial charge in [-0.1, -0.05) is 18.5 Å². The highest BCUT2D eigenvalue weighted by atomic mass is 35.5. The van der Waals surface area contributed by atoms with Crippen LogP contribution in [-0.2, 0) is 4.79 Å². The summed E-state index contributed by atoms with van der Waals surface area (Å²) in [6.45, 7) is 1.53. The summed E-state index contributed by atoms with van der Waals surface area (Å²) >= 11 is 5.74. The molecule has 1 aliphatic carbocycles. The lowest BCUT2D eigenvalue weighted by Crippen LogP contribution is -2.38. The second-order valence-electron chi connectivity index (χ2n) is 5.35. The maximum absolute atomic E-state index is 12.6. The molecule has 0 spiro atoms. The van der Waals surface area contributed by atoms with Crippen molar-refractivity contribution in [3.05, 3.63) is 38.9 Å². The number of carbonyl (C=O) groups is 2. The minimum atomic E-state index is -1.01. The van der Waals surface area contributed by atoms with E-state index in [1.807, 2.05) is 0 Å². The van der Waals surface area contributed by atoms with E-state index in [0.717, 1.165) is 18.9 Å². The van der Waals surface area contributed by atoms with Gasteiger partial charge in [0.1, 0.15) is 5.56 Å². The molecule has 118 valence electrons. The number of benzene rings is 1. The molecule has 0 heterocycles. The second kappa shape index (κ2) is 6.31. The Bertz CT molecular complexity index is 630. The first-order chi connectivity index (χ1) is 10.3. The summed E-state index contributed by atoms with van der Waals surface area (Å²) < 4.78 is 0. The van der Waals surface area contributed by atoms with Crippen molar-refractivity contribution in [3.63, 3.8) is 0 Å². The fraction of sp³-hybridized carbons (Fsp3) is 0.429. The lowest BCUT2D eigenvalue weighted by molar-refractivity contribution is -0.385. The molecule has 0 radical (unpaired) electrons. The maximum atomic E-state index is 12.6. The lowest BCUT2D eigenvalue weighted by atomic mass is 10.1. The number of carboxylic acids is 1. The van der Waals surface area contributed by atoms with Crippen LogP contribution >= 0.6 is 11.6 Å². The van der Waals surface area contributed by atoms with Gasteiger partial charge in [0.15, 0.2) is 0 Å². The molecule has 22 heavy (non-hydrogen) atoms. The third-order valence-corrected chi connectivity index (χ3v) is 3.76. The van der Waals surface area contributed by atoms with Gasteiger partial charge >= 0.3 is 5.97 Å². The van der Waals surface area contributed by atoms with E-state index in [2.05, 4.69) is 0 Å². The Hall–Kier alpha value is -2.15. The number of amides is 1. The van der Waals surface area contributed by atoms with Gasteiger partial charge in [-0.2, -0.15) is 0 Å². The number of halogens is 1. The third-order valence-electron chi connectivity index (χ3n) is 3.53. The van der Waals surface area contributed by atoms with Crippen LogP contribution in [-0.4, -0.2) is 39.4 Å². The second-order valence-corrected chi connectivity index (χ2v) is 5.78. The largest absolute Gasteiger partial charge is 0.481 e. The zero-order valence-corrected chi connectivity index (χ0v) is 12.6. The monoisotopic (exact) mass is 326 g/mol. The van der Waals surface area contributed by atoms with E-state index >= 15 is 0 Å². The first-order valence-corrected chi connectivity index (χ1v) is 7.16. The third kappa shape index (κ3) is 3.54. The van der Waals surface area contributed by atoms with E-state index in [9.17, 15) is 19.7 Å². The quantitative estimate of drug-likeness (QED) is 0.639. The Labute approximate surface area is 131 Å². The molecule has 1 aromatic carbocycles. The number of nitro groups is 1. The van der Waals surface area contributed by atoms with Crippen LogP contribution in [0.1, 0.15) is 30.1 Å². The summed E-state index contributed by atoms with van der Waals surface area (Å²) in [5, 5.41) is 20.3. The van der Waals surface area contributed by atoms with Crippen LogP contribution in [0.5, 0.6) is 0 Å². The van der Waals surface area contributed by atoms with E-state index in [1.54, 1.807) is 0 Å². The topological polar surface area (TPSA) is 101 Å². The molecule has 0 bridgehead atoms. The summed E-state index contributed by atoms with van der Waals surface area (Å²) in [6, 6.07) is 3.79. The molecule has 1 atom stereocenters. The Morgan fingerprint density at radius 1 is 1.50 bits per heavy atom. The van der Waals surface area contributed by atoms with E-state index < -0.39 is 22.7 Å². The molecule has 2 rings (SSSR count). The molecule has 1 amide bonds. The van der Waals surface area contributed by atoms with Gasteiger partial charge in [-0.15, -0.1) is 0 Å². The highest BCUT2D eigenvalue weighted by Gasteiger charge is 2.37. The first kappa shape index (κ1) is 16.2. The first-order valence-electron chi connectivity index (χ1n) is 6.79. The van der Waals surface area contributed by atoms with Crippen molar-refractivity contribution < 1.29 is 19.6 Å². The van der Waals surface area contributed by atoms with Crippen molar-refractivity contribution in [3.8, 4) is 0 Å². The van der Waals surface area contributed by atoms with E-state index in [0.29, 0.717) is 0 Å². The van der Waals surface area contributed by atoms with Gasteiger partial charge in [-0.3, -0.25) is 19.7 Å². The van der Waals surface area contributed by atoms with Gasteiger partial charge < -0.3 is 10.0 Å². The summed E-state index contributed by atoms with van der Waals surface area (Å²) in [5.41, 5.74) is -0.440. The molecule has 0 saturated heterocycles. The lowest BCUT2D eigenvalue weighted by Gasteiger charge is -2.24. The van der Waals surface area contributed by atoms with Crippen molar-refractivity contribution in [2.75, 3.05) is 6.54 Å². The molecule has 1 N–H and O–H groups in total. The van der Waals surface area contributed by atoms with E-state index in [1.165, 1.54) is 24.0 Å². The standard InChI is InChI=1S/C14H15ClN2O5/c1-8(14(19)20)7-16(10-3-4-10)13(18)11-5-2-9(15)6-12(11)17(21)22/h2,5-6,8,10H,3-4,7H2,1H3,(H,19,20). The fourth-order valence-electron chi connectivity index (χ4n) is 2.15. The van der Waals surface area contributed by atoms with Crippen LogP contribution in [0.25, 0.3) is 0 Å². The Morgan fingerprint density at radius 3 is 2.64 bits per heavy atom. The summed E-state index contributed by atoms with van der Waals surface area (Å²) in [6.07, 6.45) is 1.55. The fourth-order valence-corrected chi connectivity index (χ4v) is 2.31. The number of hydrogen-bond donors (Lipinski definition) is 1. The molecular weight excluding hydrogens is 312 g/mol. The maximum Gasteiger partial charge on any atom is 0.308 e. The summed E-state index contributed by atoms with van der Waals surface area (Å²) in [7, 11) is 0. The molecule has 1 aromatic rings. The van der Waals surface area contributed by atoms with Crippen molar-refractivity contribution in [2.24, 2.45) is 5.92 Å². The Balaban J connectivity index is 2.31. The molecule has 0 aliphatic heterocycles. The summed E-state index contributed by atoms with van der Waals surface area (Å²) in [5.74, 6) is -2.28. The predicted octanol–water partition coefficient (Wildman–Crippen LogP) is 2.57. The number of rotatable bonds is 6. The van der Waals surface area contributed by atoms with Gasteiger partial charge in [-0.05, 0) is 25.0 Å². The SMILES string of the molecule is CC(CN(C(=O)c1ccc(Cl)cc1[N+](=O)[O-])C1CC1)C(=O)O. The van der Waals surface area contributed by atoms with Crippen molar-refractivity contribution >= 4 is 29.2 Å². The van der Waals surface area contributed by atoms with Gasteiger partial charge in [-0.25, -0.2) is 0 Å². The number of hydrogen-bond acceptors (Lipinski definition) is 4. The molecule has 1 saturated carbocycles.